The largest absolute Gasteiger partial charge is 0.506 e. The molecule has 0 spiro atoms. The molecule has 3 aromatic rings. The van der Waals surface area contributed by atoms with Crippen molar-refractivity contribution in [2.45, 2.75) is 58.3 Å². The minimum absolute atomic E-state index is 0.0128. The Morgan fingerprint density at radius 1 is 1.26 bits per heavy atom. The van der Waals surface area contributed by atoms with Crippen LogP contribution in [-0.2, 0) is 11.5 Å². The van der Waals surface area contributed by atoms with E-state index in [4.69, 9.17) is 14.6 Å². The van der Waals surface area contributed by atoms with E-state index < -0.39 is 13.8 Å². The normalized spacial score (nSPS) is 12.6. The molecule has 1 unspecified atom stereocenters. The molecule has 0 aliphatic heterocycles. The van der Waals surface area contributed by atoms with Crippen molar-refractivity contribution in [2.24, 2.45) is 0 Å². The number of pyridine rings is 2. The summed E-state index contributed by atoms with van der Waals surface area (Å²) in [5.74, 6) is 0.128. The second-order valence-electron chi connectivity index (χ2n) is 9.32. The van der Waals surface area contributed by atoms with Crippen LogP contribution in [0.1, 0.15) is 25.3 Å². The molecule has 3 rings (SSSR count). The van der Waals surface area contributed by atoms with Crippen LogP contribution in [0.2, 0.25) is 25.7 Å². The molecule has 0 fully saturated rings. The van der Waals surface area contributed by atoms with E-state index in [-0.39, 0.29) is 53.6 Å². The average molecular weight is 486 g/mol. The predicted molar refractivity (Wildman–Crippen MR) is 130 cm³/mol. The molecule has 10 nitrogen and oxygen atoms in total. The van der Waals surface area contributed by atoms with Crippen LogP contribution >= 0.6 is 0 Å². The molecule has 0 saturated heterocycles. The van der Waals surface area contributed by atoms with Crippen molar-refractivity contribution >= 4 is 19.2 Å². The Balaban J connectivity index is 2.03. The van der Waals surface area contributed by atoms with E-state index in [0.717, 1.165) is 6.04 Å². The summed E-state index contributed by atoms with van der Waals surface area (Å²) in [7, 11) is -1.29. The standard InChI is InChI=1S/C23H31N5O5Si/c1-16(6-5-11-29)33-22-17(14-24)7-8-19(26-22)28-20-18(30)9-10-25-21(20)27(23(28)31)15-32-12-13-34(2,3)4/h7-10,16,29H,5-6,11-13,15H2,1-4H3,(H,25,30). The summed E-state index contributed by atoms with van der Waals surface area (Å²) in [6.07, 6.45) is 2.25. The number of rotatable bonds is 11. The van der Waals surface area contributed by atoms with Gasteiger partial charge in [-0.1, -0.05) is 19.6 Å². The van der Waals surface area contributed by atoms with Gasteiger partial charge in [-0.3, -0.25) is 4.57 Å². The Labute approximate surface area is 199 Å². The summed E-state index contributed by atoms with van der Waals surface area (Å²) in [6.45, 7) is 9.09. The van der Waals surface area contributed by atoms with E-state index in [1.165, 1.54) is 33.5 Å². The molecule has 0 saturated carbocycles. The van der Waals surface area contributed by atoms with Gasteiger partial charge >= 0.3 is 5.69 Å². The number of aliphatic hydroxyl groups excluding tert-OH is 1. The van der Waals surface area contributed by atoms with E-state index in [1.807, 2.05) is 13.0 Å². The fourth-order valence-electron chi connectivity index (χ4n) is 3.37. The topological polar surface area (TPSA) is 135 Å². The van der Waals surface area contributed by atoms with Gasteiger partial charge in [-0.15, -0.1) is 0 Å². The number of hydrogen-bond acceptors (Lipinski definition) is 8. The zero-order chi connectivity index (χ0) is 24.9. The van der Waals surface area contributed by atoms with Crippen LogP contribution < -0.4 is 10.4 Å². The van der Waals surface area contributed by atoms with Crippen molar-refractivity contribution < 1.29 is 19.7 Å². The van der Waals surface area contributed by atoms with E-state index in [2.05, 4.69) is 29.6 Å². The van der Waals surface area contributed by atoms with Crippen LogP contribution in [0.15, 0.2) is 29.2 Å². The minimum atomic E-state index is -1.29. The van der Waals surface area contributed by atoms with Crippen LogP contribution in [0.4, 0.5) is 0 Å². The monoisotopic (exact) mass is 485 g/mol. The number of aromatic nitrogens is 4. The fourth-order valence-corrected chi connectivity index (χ4v) is 4.13. The molecule has 0 aliphatic rings. The highest BCUT2D eigenvalue weighted by molar-refractivity contribution is 6.76. The third-order valence-corrected chi connectivity index (χ3v) is 6.98. The third kappa shape index (κ3) is 5.83. The van der Waals surface area contributed by atoms with Crippen molar-refractivity contribution in [3.8, 4) is 23.5 Å². The molecule has 11 heteroatoms. The second kappa shape index (κ2) is 10.8. The molecule has 0 amide bonds. The SMILES string of the molecule is CC(CCCO)Oc1nc(-n2c(=O)n(COCC[Si](C)(C)C)c3nccc(O)c32)ccc1C#N. The van der Waals surface area contributed by atoms with Crippen LogP contribution in [-0.4, -0.2) is 56.7 Å². The Morgan fingerprint density at radius 2 is 2.03 bits per heavy atom. The molecular weight excluding hydrogens is 454 g/mol. The minimum Gasteiger partial charge on any atom is -0.506 e. The number of nitrogens with zero attached hydrogens (tertiary/aromatic N) is 5. The molecule has 3 aromatic heterocycles. The van der Waals surface area contributed by atoms with E-state index in [9.17, 15) is 15.2 Å². The van der Waals surface area contributed by atoms with Crippen molar-refractivity contribution in [2.75, 3.05) is 13.2 Å². The lowest BCUT2D eigenvalue weighted by Crippen LogP contribution is -2.26. The molecule has 0 radical (unpaired) electrons. The molecular formula is C23H31N5O5Si. The fraction of sp³-hybridized carbons (Fsp3) is 0.478. The van der Waals surface area contributed by atoms with Crippen molar-refractivity contribution in [1.29, 1.82) is 5.26 Å². The van der Waals surface area contributed by atoms with E-state index >= 15 is 0 Å². The highest BCUT2D eigenvalue weighted by atomic mass is 28.3. The van der Waals surface area contributed by atoms with Gasteiger partial charge in [0.15, 0.2) is 5.65 Å². The number of nitriles is 1. The zero-order valence-electron chi connectivity index (χ0n) is 20.0. The molecule has 0 aromatic carbocycles. The first kappa shape index (κ1) is 25.4. The molecule has 0 bridgehead atoms. The van der Waals surface area contributed by atoms with Crippen molar-refractivity contribution in [1.82, 2.24) is 19.1 Å². The van der Waals surface area contributed by atoms with Gasteiger partial charge in [-0.25, -0.2) is 14.3 Å². The number of aromatic hydroxyl groups is 1. The highest BCUT2D eigenvalue weighted by Crippen LogP contribution is 2.26. The van der Waals surface area contributed by atoms with Gasteiger partial charge in [0, 0.05) is 33.6 Å². The van der Waals surface area contributed by atoms with Crippen LogP contribution in [0.5, 0.6) is 11.6 Å². The summed E-state index contributed by atoms with van der Waals surface area (Å²) in [5, 5.41) is 29.1. The van der Waals surface area contributed by atoms with Gasteiger partial charge in [0.05, 0.1) is 6.10 Å². The Hall–Kier alpha value is -3.20. The van der Waals surface area contributed by atoms with Crippen LogP contribution in [0, 0.1) is 11.3 Å². The van der Waals surface area contributed by atoms with Gasteiger partial charge in [-0.2, -0.15) is 10.2 Å². The lowest BCUT2D eigenvalue weighted by atomic mass is 10.2. The maximum Gasteiger partial charge on any atom is 0.338 e. The molecule has 182 valence electrons. The zero-order valence-corrected chi connectivity index (χ0v) is 21.0. The number of fused-ring (bicyclic) bond motifs is 1. The van der Waals surface area contributed by atoms with Crippen molar-refractivity contribution in [3.05, 3.63) is 40.4 Å². The van der Waals surface area contributed by atoms with Crippen molar-refractivity contribution in [3.63, 3.8) is 0 Å². The van der Waals surface area contributed by atoms with Gasteiger partial charge in [0.25, 0.3) is 0 Å². The lowest BCUT2D eigenvalue weighted by Gasteiger charge is -2.15. The average Bonchev–Trinajstić information content (AvgIpc) is 3.07. The van der Waals surface area contributed by atoms with Gasteiger partial charge < -0.3 is 19.7 Å². The summed E-state index contributed by atoms with van der Waals surface area (Å²) >= 11 is 0. The number of hydrogen-bond donors (Lipinski definition) is 2. The second-order valence-corrected chi connectivity index (χ2v) is 14.9. The summed E-state index contributed by atoms with van der Waals surface area (Å²) in [6, 6.07) is 7.43. The maximum absolute atomic E-state index is 13.4. The summed E-state index contributed by atoms with van der Waals surface area (Å²) in [4.78, 5) is 22.1. The first-order valence-electron chi connectivity index (χ1n) is 11.2. The molecule has 0 aliphatic carbocycles. The lowest BCUT2D eigenvalue weighted by molar-refractivity contribution is 0.0871. The predicted octanol–water partition coefficient (Wildman–Crippen LogP) is 3.01. The summed E-state index contributed by atoms with van der Waals surface area (Å²) in [5.41, 5.74) is 0.197. The molecule has 3 heterocycles. The Morgan fingerprint density at radius 3 is 2.71 bits per heavy atom. The highest BCUT2D eigenvalue weighted by Gasteiger charge is 2.22. The quantitative estimate of drug-likeness (QED) is 0.312. The Kier molecular flexibility index (Phi) is 8.09. The van der Waals surface area contributed by atoms with E-state index in [0.29, 0.717) is 19.4 Å². The number of imidazole rings is 1. The van der Waals surface area contributed by atoms with Gasteiger partial charge in [-0.05, 0) is 37.9 Å². The molecule has 1 atom stereocenters. The van der Waals surface area contributed by atoms with E-state index in [1.54, 1.807) is 0 Å². The van der Waals surface area contributed by atoms with Gasteiger partial charge in [0.2, 0.25) is 5.88 Å². The Bertz CT molecular complexity index is 1240. The maximum atomic E-state index is 13.4. The molecule has 34 heavy (non-hydrogen) atoms. The molecule has 2 N–H and O–H groups in total. The first-order valence-corrected chi connectivity index (χ1v) is 14.9. The van der Waals surface area contributed by atoms with Gasteiger partial charge in [0.1, 0.15) is 35.4 Å². The first-order chi connectivity index (χ1) is 16.2. The van der Waals surface area contributed by atoms with Crippen LogP contribution in [0.3, 0.4) is 0 Å². The smallest absolute Gasteiger partial charge is 0.338 e. The number of ether oxygens (including phenoxy) is 2. The summed E-state index contributed by atoms with van der Waals surface area (Å²) < 4.78 is 14.2. The van der Waals surface area contributed by atoms with Crippen LogP contribution in [0.25, 0.3) is 17.0 Å². The number of aliphatic hydroxyl groups is 1. The third-order valence-electron chi connectivity index (χ3n) is 5.28.